The molecular weight excluding hydrogens is 292 g/mol. The number of hydrogen-bond donors (Lipinski definition) is 1. The van der Waals surface area contributed by atoms with E-state index in [9.17, 15) is 13.2 Å². The van der Waals surface area contributed by atoms with Crippen LogP contribution in [0.15, 0.2) is 29.2 Å². The summed E-state index contributed by atoms with van der Waals surface area (Å²) >= 11 is 0. The Balaban J connectivity index is 2.60. The van der Waals surface area contributed by atoms with E-state index in [0.717, 1.165) is 13.0 Å². The van der Waals surface area contributed by atoms with Crippen LogP contribution in [-0.4, -0.2) is 53.6 Å². The van der Waals surface area contributed by atoms with Gasteiger partial charge in [-0.1, -0.05) is 12.1 Å². The first-order chi connectivity index (χ1) is 9.85. The average Bonchev–Trinajstić information content (AvgIpc) is 2.44. The minimum Gasteiger partial charge on any atom is -0.469 e. The molecule has 0 spiro atoms. The third-order valence-electron chi connectivity index (χ3n) is 2.88. The highest BCUT2D eigenvalue weighted by molar-refractivity contribution is 7.89. The highest BCUT2D eigenvalue weighted by Gasteiger charge is 2.13. The Hall–Kier alpha value is -1.44. The third-order valence-corrected chi connectivity index (χ3v) is 4.36. The second-order valence-corrected chi connectivity index (χ2v) is 6.72. The van der Waals surface area contributed by atoms with Crippen LogP contribution < -0.4 is 4.72 Å². The van der Waals surface area contributed by atoms with Crippen LogP contribution in [-0.2, 0) is 26.0 Å². The summed E-state index contributed by atoms with van der Waals surface area (Å²) in [4.78, 5) is 13.3. The zero-order valence-electron chi connectivity index (χ0n) is 12.6. The molecule has 21 heavy (non-hydrogen) atoms. The van der Waals surface area contributed by atoms with Gasteiger partial charge in [0, 0.05) is 6.54 Å². The van der Waals surface area contributed by atoms with E-state index >= 15 is 0 Å². The number of methoxy groups -OCH3 is 1. The summed E-state index contributed by atoms with van der Waals surface area (Å²) in [7, 11) is 1.70. The lowest BCUT2D eigenvalue weighted by atomic mass is 10.2. The van der Waals surface area contributed by atoms with Crippen LogP contribution in [0.25, 0.3) is 0 Å². The Morgan fingerprint density at radius 2 is 1.86 bits per heavy atom. The lowest BCUT2D eigenvalue weighted by Gasteiger charge is -2.10. The number of ether oxygens (including phenoxy) is 1. The normalized spacial score (nSPS) is 11.6. The molecule has 0 aliphatic carbocycles. The minimum atomic E-state index is -3.49. The van der Waals surface area contributed by atoms with E-state index in [1.54, 1.807) is 12.1 Å². The fourth-order valence-corrected chi connectivity index (χ4v) is 2.78. The van der Waals surface area contributed by atoms with Gasteiger partial charge in [0.15, 0.2) is 0 Å². The van der Waals surface area contributed by atoms with Gasteiger partial charge in [0.25, 0.3) is 0 Å². The van der Waals surface area contributed by atoms with Crippen LogP contribution in [0, 0.1) is 0 Å². The van der Waals surface area contributed by atoms with E-state index in [0.29, 0.717) is 12.1 Å². The Morgan fingerprint density at radius 3 is 2.38 bits per heavy atom. The van der Waals surface area contributed by atoms with Crippen molar-refractivity contribution in [2.24, 2.45) is 0 Å². The van der Waals surface area contributed by atoms with Crippen LogP contribution in [0.2, 0.25) is 0 Å². The third kappa shape index (κ3) is 6.24. The molecule has 1 aromatic rings. The van der Waals surface area contributed by atoms with E-state index in [4.69, 9.17) is 0 Å². The minimum absolute atomic E-state index is 0.132. The summed E-state index contributed by atoms with van der Waals surface area (Å²) in [6, 6.07) is 6.22. The maximum Gasteiger partial charge on any atom is 0.309 e. The summed E-state index contributed by atoms with van der Waals surface area (Å²) < 4.78 is 31.2. The SMILES string of the molecule is COC(=O)Cc1ccc(S(=O)(=O)NCCCN(C)C)cc1. The number of esters is 1. The molecular formula is C14H22N2O4S. The highest BCUT2D eigenvalue weighted by atomic mass is 32.2. The largest absolute Gasteiger partial charge is 0.469 e. The molecule has 0 fully saturated rings. The van der Waals surface area contributed by atoms with Gasteiger partial charge >= 0.3 is 5.97 Å². The predicted octanol–water partition coefficient (Wildman–Crippen LogP) is 0.632. The van der Waals surface area contributed by atoms with Gasteiger partial charge in [-0.05, 0) is 44.8 Å². The molecule has 7 heteroatoms. The van der Waals surface area contributed by atoms with Gasteiger partial charge < -0.3 is 9.64 Å². The van der Waals surface area contributed by atoms with Crippen molar-refractivity contribution in [2.45, 2.75) is 17.7 Å². The summed E-state index contributed by atoms with van der Waals surface area (Å²) in [6.07, 6.45) is 0.875. The van der Waals surface area contributed by atoms with Gasteiger partial charge in [-0.3, -0.25) is 4.79 Å². The number of carbonyl (C=O) groups excluding carboxylic acids is 1. The van der Waals surface area contributed by atoms with Crippen molar-refractivity contribution in [3.05, 3.63) is 29.8 Å². The van der Waals surface area contributed by atoms with Crippen molar-refractivity contribution in [2.75, 3.05) is 34.3 Å². The highest BCUT2D eigenvalue weighted by Crippen LogP contribution is 2.11. The van der Waals surface area contributed by atoms with Crippen molar-refractivity contribution in [3.8, 4) is 0 Å². The Morgan fingerprint density at radius 1 is 1.24 bits per heavy atom. The van der Waals surface area contributed by atoms with Crippen LogP contribution >= 0.6 is 0 Å². The number of nitrogens with zero attached hydrogens (tertiary/aromatic N) is 1. The molecule has 0 atom stereocenters. The van der Waals surface area contributed by atoms with Gasteiger partial charge in [0.1, 0.15) is 0 Å². The number of nitrogens with one attached hydrogen (secondary N) is 1. The molecule has 0 heterocycles. The Kier molecular flexibility index (Phi) is 6.80. The standard InChI is InChI=1S/C14H22N2O4S/c1-16(2)10-4-9-15-21(18,19)13-7-5-12(6-8-13)11-14(17)20-3/h5-8,15H,4,9-11H2,1-3H3. The first-order valence-electron chi connectivity index (χ1n) is 6.65. The zero-order chi connectivity index (χ0) is 15.9. The maximum absolute atomic E-state index is 12.1. The van der Waals surface area contributed by atoms with E-state index < -0.39 is 10.0 Å². The van der Waals surface area contributed by atoms with Crippen molar-refractivity contribution < 1.29 is 17.9 Å². The van der Waals surface area contributed by atoms with Gasteiger partial charge in [-0.15, -0.1) is 0 Å². The van der Waals surface area contributed by atoms with Crippen molar-refractivity contribution in [1.29, 1.82) is 0 Å². The predicted molar refractivity (Wildman–Crippen MR) is 80.5 cm³/mol. The van der Waals surface area contributed by atoms with Crippen molar-refractivity contribution >= 4 is 16.0 Å². The van der Waals surface area contributed by atoms with Gasteiger partial charge in [0.05, 0.1) is 18.4 Å². The lowest BCUT2D eigenvalue weighted by Crippen LogP contribution is -2.27. The summed E-state index contributed by atoms with van der Waals surface area (Å²) in [5.74, 6) is -0.354. The fourth-order valence-electron chi connectivity index (χ4n) is 1.71. The van der Waals surface area contributed by atoms with E-state index in [1.807, 2.05) is 19.0 Å². The summed E-state index contributed by atoms with van der Waals surface area (Å²) in [6.45, 7) is 1.21. The zero-order valence-corrected chi connectivity index (χ0v) is 13.4. The molecule has 0 aliphatic heterocycles. The van der Waals surface area contributed by atoms with Crippen molar-refractivity contribution in [3.63, 3.8) is 0 Å². The van der Waals surface area contributed by atoms with Gasteiger partial charge in [0.2, 0.25) is 10.0 Å². The second-order valence-electron chi connectivity index (χ2n) is 4.95. The molecule has 118 valence electrons. The number of carbonyl (C=O) groups is 1. The molecule has 1 N–H and O–H groups in total. The first kappa shape index (κ1) is 17.6. The molecule has 0 bridgehead atoms. The fraction of sp³-hybridized carbons (Fsp3) is 0.500. The number of rotatable bonds is 8. The average molecular weight is 314 g/mol. The quantitative estimate of drug-likeness (QED) is 0.563. The van der Waals surface area contributed by atoms with Crippen LogP contribution in [0.4, 0.5) is 0 Å². The molecule has 0 aromatic heterocycles. The number of sulfonamides is 1. The van der Waals surface area contributed by atoms with Crippen molar-refractivity contribution in [1.82, 2.24) is 9.62 Å². The van der Waals surface area contributed by atoms with Crippen LogP contribution in [0.5, 0.6) is 0 Å². The molecule has 1 rings (SSSR count). The van der Waals surface area contributed by atoms with E-state index in [1.165, 1.54) is 19.2 Å². The molecule has 0 unspecified atom stereocenters. The molecule has 0 aliphatic rings. The van der Waals surface area contributed by atoms with Gasteiger partial charge in [-0.2, -0.15) is 0 Å². The molecule has 0 amide bonds. The van der Waals surface area contributed by atoms with E-state index in [-0.39, 0.29) is 17.3 Å². The number of benzene rings is 1. The smallest absolute Gasteiger partial charge is 0.309 e. The summed E-state index contributed by atoms with van der Waals surface area (Å²) in [5, 5.41) is 0. The van der Waals surface area contributed by atoms with Gasteiger partial charge in [-0.25, -0.2) is 13.1 Å². The lowest BCUT2D eigenvalue weighted by molar-refractivity contribution is -0.139. The van der Waals surface area contributed by atoms with Crippen LogP contribution in [0.1, 0.15) is 12.0 Å². The van der Waals surface area contributed by atoms with Crippen LogP contribution in [0.3, 0.4) is 0 Å². The van der Waals surface area contributed by atoms with E-state index in [2.05, 4.69) is 9.46 Å². The second kappa shape index (κ2) is 8.11. The summed E-state index contributed by atoms with van der Waals surface area (Å²) in [5.41, 5.74) is 0.716. The molecule has 6 nitrogen and oxygen atoms in total. The number of hydrogen-bond acceptors (Lipinski definition) is 5. The first-order valence-corrected chi connectivity index (χ1v) is 8.13. The molecule has 1 aromatic carbocycles. The monoisotopic (exact) mass is 314 g/mol. The Bertz CT molecular complexity index is 553. The molecule has 0 radical (unpaired) electrons. The molecule has 0 saturated heterocycles. The maximum atomic E-state index is 12.1. The topological polar surface area (TPSA) is 75.7 Å². The Labute approximate surface area is 126 Å². The molecule has 0 saturated carbocycles.